The number of aliphatic hydroxyl groups excluding tert-OH is 3. The van der Waals surface area contributed by atoms with E-state index in [-0.39, 0.29) is 94.4 Å². The summed E-state index contributed by atoms with van der Waals surface area (Å²) in [5, 5.41) is 42.7. The quantitative estimate of drug-likeness (QED) is 0.0108. The van der Waals surface area contributed by atoms with Gasteiger partial charge in [-0.1, -0.05) is 185 Å². The van der Waals surface area contributed by atoms with Crippen LogP contribution in [0.3, 0.4) is 0 Å². The molecule has 0 fully saturated rings. The Morgan fingerprint density at radius 1 is 0.354 bits per heavy atom. The number of nitrogens with two attached hydrogens (primary N) is 3. The van der Waals surface area contributed by atoms with Crippen LogP contribution in [0.2, 0.25) is 0 Å². The molecule has 56 heteroatoms. The SMILES string of the molecule is CCCCOC(=O)C(C)N.CCCCOC(=O)C(C)NP(C)(=O)NCC(C)C(=O)OCC.CCCCOC(=O)C(CO)NP(C)(=O)NC(CO)C(=O)OCCCC.CCCCOC(=O)C(N)CO.CCOC(=O)C(C)CN.CCOC(=O)C(C)CNP(C)(=O)O.CCOC(=O)C(C)CNP(C)(=O)OCc1ccccc1.CP(=O)(Cl)Cl.CP(=O)(Cl)OCc1ccccc1.CP(=O)(O)O.CP(=O)(O)OCc1ccccc1. The number of rotatable bonds is 56. The van der Waals surface area contributed by atoms with E-state index < -0.39 is 137 Å². The van der Waals surface area contributed by atoms with Crippen LogP contribution in [0.1, 0.15) is 185 Å². The maximum atomic E-state index is 12.6. The second-order valence-electron chi connectivity index (χ2n) is 31.7. The summed E-state index contributed by atoms with van der Waals surface area (Å²) in [7, 11) is -19.5. The van der Waals surface area contributed by atoms with Gasteiger partial charge in [0.25, 0.3) is 21.8 Å². The maximum absolute atomic E-state index is 12.6. The maximum Gasteiger partial charge on any atom is 0.325 e. The summed E-state index contributed by atoms with van der Waals surface area (Å²) in [4.78, 5) is 134. The minimum atomic E-state index is -3.64. The highest BCUT2D eigenvalue weighted by Crippen LogP contribution is 2.52. The molecule has 144 heavy (non-hydrogen) atoms. The van der Waals surface area contributed by atoms with Crippen LogP contribution in [-0.2, 0) is 156 Å². The fourth-order valence-corrected chi connectivity index (χ4v) is 14.2. The highest BCUT2D eigenvalue weighted by Gasteiger charge is 2.33. The van der Waals surface area contributed by atoms with Crippen molar-refractivity contribution < 1.29 is 171 Å². The van der Waals surface area contributed by atoms with Crippen LogP contribution < -0.4 is 47.7 Å². The highest BCUT2D eigenvalue weighted by molar-refractivity contribution is 8.08. The third-order valence-electron chi connectivity index (χ3n) is 16.2. The van der Waals surface area contributed by atoms with Crippen LogP contribution in [0.5, 0.6) is 0 Å². The van der Waals surface area contributed by atoms with Gasteiger partial charge in [-0.15, -0.1) is 0 Å². The lowest BCUT2D eigenvalue weighted by Crippen LogP contribution is -2.46. The summed E-state index contributed by atoms with van der Waals surface area (Å²) in [5.74, 6) is -7.98. The fourth-order valence-electron chi connectivity index (χ4n) is 8.42. The van der Waals surface area contributed by atoms with Gasteiger partial charge in [-0.2, -0.15) is 0 Å². The van der Waals surface area contributed by atoms with E-state index in [4.69, 9.17) is 127 Å². The van der Waals surface area contributed by atoms with Crippen molar-refractivity contribution in [2.24, 2.45) is 40.9 Å². The molecule has 0 aliphatic rings. The van der Waals surface area contributed by atoms with Crippen molar-refractivity contribution in [2.45, 2.75) is 218 Å². The lowest BCUT2D eigenvalue weighted by Gasteiger charge is -2.25. The van der Waals surface area contributed by atoms with Gasteiger partial charge in [-0.3, -0.25) is 84.8 Å². The number of benzene rings is 3. The summed E-state index contributed by atoms with van der Waals surface area (Å²) in [6.45, 7) is 37.4. The summed E-state index contributed by atoms with van der Waals surface area (Å²) in [6, 6.07) is 23.8. The molecule has 0 bridgehead atoms. The number of hydrogen-bond acceptors (Lipinski definition) is 35. The molecule has 14 unspecified atom stereocenters. The first kappa shape index (κ1) is 154. The molecule has 0 saturated heterocycles. The standard InChI is InChI=1S/C15H31N2O7P.C14H29N2O5P.C14H22NO4P.C8H10ClO2P.C8H11O3P.C7H16NO4P.C7H15NO3.C7H15NO2.C6H13NO2.CH3Cl2OP.CH5O3P/c1-4-6-8-23-14(20)12(10-18)16-25(3,22)17-13(11-19)15(21)24-9-7-5-2;1-6-8-9-21-14(18)12(4)16-22(5,19)15-10-11(3)13(17)20-7-2;1-4-18-14(16)12(2)10-15-20(3,17)19-11-13-8-6-5-7-9-13;2*1-12(9,10)11-7-8-5-3-2-4-6-8;1-4-12-7(9)6(2)5-8-13(3,10)11;1-2-3-4-11-7(10)6(8)5-9;1-3-4-5-10-7(9)6(2)8;1-3-9-6(8)5(2)4-7;2*1-5(2,3)4/h12-13,18-19H,4-11H2,1-3H3,(H2,16,17,22);11-12H,6-10H2,1-5H3,(H2,15,16,19);5-9,12H,4,10-11H2,1-3H3,(H,15,17);2-6H,7H2,1H3;2-6H,7H2,1H3,(H,9,10);6H,4-5H2,1-3H3,(H2,8,10,11);6,9H,2-5,8H2,1H3;6H,3-5,8H2,1-2H3;5H,3-4,7H2,1-2H3;1H3;1H3,(H2,2,3,4). The average Bonchev–Trinajstić information content (AvgIpc) is 0.861. The first-order valence-corrected chi connectivity index (χ1v) is 65.9. The van der Waals surface area contributed by atoms with Crippen molar-refractivity contribution in [1.82, 2.24) is 30.5 Å². The summed E-state index contributed by atoms with van der Waals surface area (Å²) >= 11 is 15.1. The second kappa shape index (κ2) is 91.6. The molecule has 3 aromatic rings. The Morgan fingerprint density at radius 3 is 0.903 bits per heavy atom. The molecule has 0 saturated carbocycles. The first-order valence-electron chi connectivity index (χ1n) is 46.4. The molecule has 3 rings (SSSR count). The zero-order valence-electron chi connectivity index (χ0n) is 87.8. The van der Waals surface area contributed by atoms with Crippen molar-refractivity contribution in [3.63, 3.8) is 0 Å². The predicted molar refractivity (Wildman–Crippen MR) is 563 cm³/mol. The number of aliphatic hydroxyl groups is 3. The third-order valence-corrected chi connectivity index (χ3v) is 23.2. The topological polar surface area (TPSA) is 693 Å². The molecule has 3 aromatic carbocycles. The van der Waals surface area contributed by atoms with Crippen molar-refractivity contribution in [2.75, 3.05) is 159 Å². The predicted octanol–water partition coefficient (Wildman–Crippen LogP) is 13.6. The Morgan fingerprint density at radius 2 is 0.632 bits per heavy atom. The number of halogens is 3. The molecular formula is C88H170Cl3N9O36P8. The van der Waals surface area contributed by atoms with Crippen LogP contribution in [0.15, 0.2) is 91.0 Å². The van der Waals surface area contributed by atoms with Crippen molar-refractivity contribution in [1.29, 1.82) is 0 Å². The molecule has 14 atom stereocenters. The smallest absolute Gasteiger partial charge is 0.325 e. The van der Waals surface area contributed by atoms with E-state index in [0.717, 1.165) is 74.7 Å². The van der Waals surface area contributed by atoms with Crippen LogP contribution in [0.25, 0.3) is 0 Å². The first-order chi connectivity index (χ1) is 66.6. The largest absolute Gasteiger partial charge is 0.466 e. The monoisotopic (exact) mass is 2280 g/mol. The van der Waals surface area contributed by atoms with Gasteiger partial charge in [0.2, 0.25) is 20.7 Å². The van der Waals surface area contributed by atoms with E-state index in [1.807, 2.05) is 126 Å². The van der Waals surface area contributed by atoms with Crippen LogP contribution in [0.4, 0.5) is 0 Å². The zero-order valence-corrected chi connectivity index (χ0v) is 97.2. The van der Waals surface area contributed by atoms with E-state index >= 15 is 0 Å². The van der Waals surface area contributed by atoms with Gasteiger partial charge in [0.05, 0.1) is 123 Å². The molecule has 0 radical (unpaired) electrons. The average molecular weight is 2280 g/mol. The van der Waals surface area contributed by atoms with Crippen LogP contribution >= 0.6 is 91.4 Å². The molecule has 0 aromatic heterocycles. The van der Waals surface area contributed by atoms with Gasteiger partial charge in [-0.25, -0.2) is 25.4 Å². The van der Waals surface area contributed by atoms with Gasteiger partial charge in [0.1, 0.15) is 30.2 Å². The Bertz CT molecular complexity index is 4140. The molecule has 45 nitrogen and oxygen atoms in total. The number of esters is 9. The molecule has 0 spiro atoms. The van der Waals surface area contributed by atoms with E-state index in [1.54, 1.807) is 69.2 Å². The Kier molecular flexibility index (Phi) is 98.0. The number of carbonyl (C=O) groups excluding carboxylic acids is 9. The van der Waals surface area contributed by atoms with Gasteiger partial charge >= 0.3 is 68.9 Å². The molecular weight excluding hydrogens is 2110 g/mol. The summed E-state index contributed by atoms with van der Waals surface area (Å²) < 4.78 is 147. The molecule has 19 N–H and O–H groups in total. The van der Waals surface area contributed by atoms with Crippen LogP contribution in [0, 0.1) is 23.7 Å². The molecule has 0 amide bonds. The molecule has 0 aliphatic carbocycles. The Hall–Kier alpha value is -5.16. The van der Waals surface area contributed by atoms with E-state index in [9.17, 15) is 89.9 Å². The third kappa shape index (κ3) is 111. The van der Waals surface area contributed by atoms with E-state index in [0.29, 0.717) is 72.2 Å². The summed E-state index contributed by atoms with van der Waals surface area (Å²) in [5.41, 5.74) is 18.4. The van der Waals surface area contributed by atoms with Gasteiger partial charge < -0.3 is 108 Å². The van der Waals surface area contributed by atoms with Gasteiger partial charge in [0, 0.05) is 79.5 Å². The fraction of sp³-hybridized carbons (Fsp3) is 0.693. The number of carbonyl (C=O) groups is 9. The normalized spacial score (nSPS) is 15.0. The minimum Gasteiger partial charge on any atom is -0.466 e. The lowest BCUT2D eigenvalue weighted by molar-refractivity contribution is -0.148. The van der Waals surface area contributed by atoms with Crippen molar-refractivity contribution >= 4 is 145 Å². The molecule has 0 heterocycles. The van der Waals surface area contributed by atoms with E-state index in [1.165, 1.54) is 46.7 Å². The van der Waals surface area contributed by atoms with E-state index in [2.05, 4.69) is 35.3 Å². The Labute approximate surface area is 866 Å². The zero-order chi connectivity index (χ0) is 113. The van der Waals surface area contributed by atoms with Gasteiger partial charge in [0.15, 0.2) is 0 Å². The van der Waals surface area contributed by atoms with Gasteiger partial charge in [-0.05, 0) is 124 Å². The number of nitrogens with one attached hydrogen (secondary N) is 6. The number of unbranched alkanes of at least 4 members (excludes halogenated alkanes) is 5. The molecule has 0 aliphatic heterocycles. The minimum absolute atomic E-state index is 0.156. The van der Waals surface area contributed by atoms with Crippen molar-refractivity contribution in [3.8, 4) is 0 Å². The number of ether oxygens (including phenoxy) is 9. The second-order valence-corrected chi connectivity index (χ2v) is 53.7. The lowest BCUT2D eigenvalue weighted by atomic mass is 10.2. The number of hydrogen-bond donors (Lipinski definition) is 16. The molecule has 844 valence electrons. The van der Waals surface area contributed by atoms with Crippen molar-refractivity contribution in [3.05, 3.63) is 108 Å². The Balaban J connectivity index is -0.000000242. The van der Waals surface area contributed by atoms with Crippen LogP contribution in [-0.4, -0.2) is 278 Å². The summed E-state index contributed by atoms with van der Waals surface area (Å²) in [6.07, 6.45) is 8.56. The highest BCUT2D eigenvalue weighted by atomic mass is 35.9.